The third kappa shape index (κ3) is 5.66. The monoisotopic (exact) mass is 471 g/mol. The number of aromatic nitrogens is 2. The molecule has 178 valence electrons. The first-order valence-corrected chi connectivity index (χ1v) is 16.7. The molecular formula is C21H41N3O5Si2. The van der Waals surface area contributed by atoms with Crippen LogP contribution in [0.15, 0.2) is 17.1 Å². The summed E-state index contributed by atoms with van der Waals surface area (Å²) in [7, 11) is -4.27. The first-order chi connectivity index (χ1) is 13.9. The van der Waals surface area contributed by atoms with Gasteiger partial charge in [0.25, 0.3) is 0 Å². The number of aliphatic hydroxyl groups is 1. The van der Waals surface area contributed by atoms with E-state index >= 15 is 0 Å². The summed E-state index contributed by atoms with van der Waals surface area (Å²) < 4.78 is 20.5. The van der Waals surface area contributed by atoms with E-state index in [9.17, 15) is 9.90 Å². The van der Waals surface area contributed by atoms with Crippen molar-refractivity contribution in [2.24, 2.45) is 0 Å². The van der Waals surface area contributed by atoms with Gasteiger partial charge < -0.3 is 24.4 Å². The van der Waals surface area contributed by atoms with Gasteiger partial charge in [0.05, 0.1) is 6.61 Å². The Morgan fingerprint density at radius 1 is 1.13 bits per heavy atom. The molecule has 0 amide bonds. The normalized spacial score (nSPS) is 25.8. The van der Waals surface area contributed by atoms with Crippen molar-refractivity contribution in [3.05, 3.63) is 22.7 Å². The highest BCUT2D eigenvalue weighted by atomic mass is 28.4. The fourth-order valence-corrected chi connectivity index (χ4v) is 5.21. The van der Waals surface area contributed by atoms with Gasteiger partial charge >= 0.3 is 5.69 Å². The Balaban J connectivity index is 2.36. The number of hydrogen-bond donors (Lipinski definition) is 2. The molecule has 0 saturated carbocycles. The van der Waals surface area contributed by atoms with Gasteiger partial charge in [0.15, 0.2) is 22.9 Å². The van der Waals surface area contributed by atoms with Crippen molar-refractivity contribution in [3.8, 4) is 0 Å². The van der Waals surface area contributed by atoms with Gasteiger partial charge in [0, 0.05) is 6.20 Å². The average Bonchev–Trinajstić information content (AvgIpc) is 2.87. The third-order valence-corrected chi connectivity index (χ3v) is 16.1. The van der Waals surface area contributed by atoms with E-state index in [2.05, 4.69) is 72.7 Å². The summed E-state index contributed by atoms with van der Waals surface area (Å²) in [6, 6.07) is 1.51. The summed E-state index contributed by atoms with van der Waals surface area (Å²) >= 11 is 0. The third-order valence-electron chi connectivity index (χ3n) is 7.09. The summed E-state index contributed by atoms with van der Waals surface area (Å²) in [5, 5.41) is 11.2. The summed E-state index contributed by atoms with van der Waals surface area (Å²) in [5.74, 6) is 0.126. The van der Waals surface area contributed by atoms with Crippen molar-refractivity contribution in [1.29, 1.82) is 0 Å². The van der Waals surface area contributed by atoms with Crippen LogP contribution in [0.2, 0.25) is 36.3 Å². The minimum absolute atomic E-state index is 0.0389. The van der Waals surface area contributed by atoms with Crippen LogP contribution in [-0.4, -0.2) is 56.2 Å². The van der Waals surface area contributed by atoms with Gasteiger partial charge in [-0.25, -0.2) is 4.79 Å². The molecule has 0 aromatic carbocycles. The Morgan fingerprint density at radius 3 is 2.16 bits per heavy atom. The quantitative estimate of drug-likeness (QED) is 0.611. The van der Waals surface area contributed by atoms with Crippen molar-refractivity contribution < 1.29 is 18.7 Å². The topological polar surface area (TPSA) is 109 Å². The highest BCUT2D eigenvalue weighted by molar-refractivity contribution is 6.74. The van der Waals surface area contributed by atoms with Crippen LogP contribution in [0.4, 0.5) is 5.82 Å². The number of rotatable bonds is 6. The molecule has 4 unspecified atom stereocenters. The standard InChI is InChI=1S/C21H41N3O5Si2/c1-20(2,3)30(7,8)27-13-14-17(29-31(9,10)21(4,5)6)16(25)18(28-14)24-12-11-15(22)23-19(24)26/h11-12,14,16-18,25H,13H2,1-10H3,(H2,22,23,26). The number of ether oxygens (including phenoxy) is 1. The maximum Gasteiger partial charge on any atom is 0.351 e. The smallest absolute Gasteiger partial charge is 0.351 e. The molecule has 1 fully saturated rings. The second-order valence-electron chi connectivity index (χ2n) is 11.5. The van der Waals surface area contributed by atoms with Gasteiger partial charge in [-0.2, -0.15) is 4.98 Å². The Hall–Kier alpha value is -1.05. The summed E-state index contributed by atoms with van der Waals surface area (Å²) in [5.41, 5.74) is 5.05. The summed E-state index contributed by atoms with van der Waals surface area (Å²) in [6.45, 7) is 21.9. The maximum absolute atomic E-state index is 12.4. The molecule has 1 saturated heterocycles. The number of nitrogen functional groups attached to an aromatic ring is 1. The molecule has 0 spiro atoms. The van der Waals surface area contributed by atoms with Crippen molar-refractivity contribution >= 4 is 22.5 Å². The number of nitrogens with two attached hydrogens (primary N) is 1. The van der Waals surface area contributed by atoms with Crippen LogP contribution in [0.25, 0.3) is 0 Å². The van der Waals surface area contributed by atoms with Gasteiger partial charge in [-0.3, -0.25) is 4.57 Å². The maximum atomic E-state index is 12.4. The number of anilines is 1. The molecule has 1 aromatic heterocycles. The van der Waals surface area contributed by atoms with Gasteiger partial charge in [0.1, 0.15) is 24.1 Å². The Labute approximate surface area is 188 Å². The van der Waals surface area contributed by atoms with Crippen molar-refractivity contribution in [3.63, 3.8) is 0 Å². The largest absolute Gasteiger partial charge is 0.414 e. The molecule has 1 aromatic rings. The van der Waals surface area contributed by atoms with Gasteiger partial charge in [0.2, 0.25) is 0 Å². The molecule has 8 nitrogen and oxygen atoms in total. The lowest BCUT2D eigenvalue weighted by Crippen LogP contribution is -2.51. The molecule has 10 heteroatoms. The molecular weight excluding hydrogens is 430 g/mol. The first kappa shape index (κ1) is 26.2. The van der Waals surface area contributed by atoms with Crippen LogP contribution in [0.5, 0.6) is 0 Å². The van der Waals surface area contributed by atoms with Gasteiger partial charge in [-0.05, 0) is 42.3 Å². The fourth-order valence-electron chi connectivity index (χ4n) is 2.87. The Bertz CT molecular complexity index is 830. The minimum atomic E-state index is -2.23. The van der Waals surface area contributed by atoms with Crippen molar-refractivity contribution in [1.82, 2.24) is 9.55 Å². The second-order valence-corrected chi connectivity index (χ2v) is 21.1. The van der Waals surface area contributed by atoms with E-state index < -0.39 is 46.9 Å². The van der Waals surface area contributed by atoms with Crippen molar-refractivity contribution in [2.75, 3.05) is 12.3 Å². The molecule has 3 N–H and O–H groups in total. The van der Waals surface area contributed by atoms with E-state index in [1.165, 1.54) is 16.8 Å². The van der Waals surface area contributed by atoms with Gasteiger partial charge in [-0.15, -0.1) is 0 Å². The second kappa shape index (κ2) is 8.71. The highest BCUT2D eigenvalue weighted by Crippen LogP contribution is 2.42. The molecule has 4 atom stereocenters. The van der Waals surface area contributed by atoms with Crippen LogP contribution in [0.3, 0.4) is 0 Å². The van der Waals surface area contributed by atoms with E-state index in [1.54, 1.807) is 0 Å². The average molecular weight is 472 g/mol. The van der Waals surface area contributed by atoms with E-state index in [4.69, 9.17) is 19.3 Å². The molecule has 1 aliphatic heterocycles. The zero-order chi connectivity index (χ0) is 24.0. The highest BCUT2D eigenvalue weighted by Gasteiger charge is 2.51. The van der Waals surface area contributed by atoms with Crippen LogP contribution in [0, 0.1) is 0 Å². The van der Waals surface area contributed by atoms with Crippen LogP contribution < -0.4 is 11.4 Å². The summed E-state index contributed by atoms with van der Waals surface area (Å²) in [6.07, 6.45) is -1.57. The van der Waals surface area contributed by atoms with Crippen LogP contribution in [0.1, 0.15) is 47.8 Å². The molecule has 0 bridgehead atoms. The number of aliphatic hydroxyl groups excluding tert-OH is 1. The summed E-state index contributed by atoms with van der Waals surface area (Å²) in [4.78, 5) is 16.2. The number of nitrogens with zero attached hydrogens (tertiary/aromatic N) is 2. The minimum Gasteiger partial charge on any atom is -0.414 e. The molecule has 2 heterocycles. The van der Waals surface area contributed by atoms with E-state index in [0.29, 0.717) is 6.61 Å². The predicted octanol–water partition coefficient (Wildman–Crippen LogP) is 3.50. The van der Waals surface area contributed by atoms with E-state index in [1.807, 2.05) is 0 Å². The fraction of sp³-hybridized carbons (Fsp3) is 0.810. The lowest BCUT2D eigenvalue weighted by molar-refractivity contribution is -0.0527. The number of hydrogen-bond acceptors (Lipinski definition) is 7. The molecule has 31 heavy (non-hydrogen) atoms. The zero-order valence-electron chi connectivity index (χ0n) is 20.7. The van der Waals surface area contributed by atoms with Crippen molar-refractivity contribution in [2.45, 2.75) is 102 Å². The van der Waals surface area contributed by atoms with Gasteiger partial charge in [-0.1, -0.05) is 41.5 Å². The molecule has 0 radical (unpaired) electrons. The molecule has 2 rings (SSSR count). The zero-order valence-corrected chi connectivity index (χ0v) is 22.7. The first-order valence-electron chi connectivity index (χ1n) is 10.9. The SMILES string of the molecule is CC(C)(C)[Si](C)(C)OCC1OC(n2ccc(N)nc2=O)C(O)C1O[Si](C)(C)C(C)(C)C. The van der Waals surface area contributed by atoms with E-state index in [0.717, 1.165) is 0 Å². The van der Waals surface area contributed by atoms with Crippen LogP contribution >= 0.6 is 0 Å². The predicted molar refractivity (Wildman–Crippen MR) is 128 cm³/mol. The Morgan fingerprint density at radius 2 is 1.68 bits per heavy atom. The molecule has 1 aliphatic rings. The van der Waals surface area contributed by atoms with Crippen LogP contribution in [-0.2, 0) is 13.6 Å². The Kier molecular flexibility index (Phi) is 7.37. The van der Waals surface area contributed by atoms with E-state index in [-0.39, 0.29) is 15.9 Å². The molecule has 0 aliphatic carbocycles. The lowest BCUT2D eigenvalue weighted by Gasteiger charge is -2.41. The lowest BCUT2D eigenvalue weighted by atomic mass is 10.1.